The number of nitrogens with zero attached hydrogens (tertiary/aromatic N) is 1. The SMILES string of the molecule is Cc1ccc(CN[C@H]2CCOC2)c2cccnc12. The van der Waals surface area contributed by atoms with E-state index >= 15 is 0 Å². The molecule has 0 spiro atoms. The molecule has 3 nitrogen and oxygen atoms in total. The van der Waals surface area contributed by atoms with Crippen molar-refractivity contribution in [2.24, 2.45) is 0 Å². The Bertz CT molecular complexity index is 547. The van der Waals surface area contributed by atoms with E-state index in [9.17, 15) is 0 Å². The van der Waals surface area contributed by atoms with Crippen molar-refractivity contribution in [2.75, 3.05) is 13.2 Å². The van der Waals surface area contributed by atoms with Gasteiger partial charge in [-0.25, -0.2) is 0 Å². The Balaban J connectivity index is 1.85. The fourth-order valence-corrected chi connectivity index (χ4v) is 2.48. The molecule has 94 valence electrons. The zero-order valence-electron chi connectivity index (χ0n) is 10.6. The van der Waals surface area contributed by atoms with Gasteiger partial charge in [-0.05, 0) is 30.5 Å². The van der Waals surface area contributed by atoms with Crippen LogP contribution in [0.25, 0.3) is 10.9 Å². The van der Waals surface area contributed by atoms with Gasteiger partial charge in [0, 0.05) is 30.8 Å². The highest BCUT2D eigenvalue weighted by molar-refractivity contribution is 5.84. The van der Waals surface area contributed by atoms with Gasteiger partial charge in [0.05, 0.1) is 12.1 Å². The zero-order valence-corrected chi connectivity index (χ0v) is 10.6. The quantitative estimate of drug-likeness (QED) is 0.897. The van der Waals surface area contributed by atoms with Gasteiger partial charge < -0.3 is 10.1 Å². The average Bonchev–Trinajstić information content (AvgIpc) is 2.92. The molecule has 0 radical (unpaired) electrons. The first-order chi connectivity index (χ1) is 8.84. The molecule has 1 fully saturated rings. The number of ether oxygens (including phenoxy) is 1. The Morgan fingerprint density at radius 3 is 3.17 bits per heavy atom. The summed E-state index contributed by atoms with van der Waals surface area (Å²) in [6, 6.07) is 9.00. The number of benzene rings is 1. The Labute approximate surface area is 107 Å². The van der Waals surface area contributed by atoms with Crippen molar-refractivity contribution in [2.45, 2.75) is 25.9 Å². The van der Waals surface area contributed by atoms with Crippen LogP contribution in [0.3, 0.4) is 0 Å². The lowest BCUT2D eigenvalue weighted by Crippen LogP contribution is -2.28. The molecule has 2 aromatic rings. The van der Waals surface area contributed by atoms with Gasteiger partial charge in [-0.2, -0.15) is 0 Å². The van der Waals surface area contributed by atoms with Crippen molar-refractivity contribution in [3.05, 3.63) is 41.6 Å². The molecule has 2 heterocycles. The van der Waals surface area contributed by atoms with Gasteiger partial charge in [-0.1, -0.05) is 18.2 Å². The van der Waals surface area contributed by atoms with E-state index in [1.54, 1.807) is 0 Å². The fourth-order valence-electron chi connectivity index (χ4n) is 2.48. The lowest BCUT2D eigenvalue weighted by molar-refractivity contribution is 0.190. The maximum Gasteiger partial charge on any atom is 0.0734 e. The van der Waals surface area contributed by atoms with Gasteiger partial charge in [0.2, 0.25) is 0 Å². The van der Waals surface area contributed by atoms with E-state index in [1.165, 1.54) is 16.5 Å². The highest BCUT2D eigenvalue weighted by Crippen LogP contribution is 2.20. The van der Waals surface area contributed by atoms with Crippen LogP contribution >= 0.6 is 0 Å². The minimum atomic E-state index is 0.498. The van der Waals surface area contributed by atoms with Crippen molar-refractivity contribution in [3.63, 3.8) is 0 Å². The molecular formula is C15H18N2O. The van der Waals surface area contributed by atoms with Gasteiger partial charge in [0.25, 0.3) is 0 Å². The first-order valence-corrected chi connectivity index (χ1v) is 6.49. The number of rotatable bonds is 3. The predicted molar refractivity (Wildman–Crippen MR) is 72.5 cm³/mol. The van der Waals surface area contributed by atoms with Crippen LogP contribution in [0.5, 0.6) is 0 Å². The monoisotopic (exact) mass is 242 g/mol. The number of hydrogen-bond acceptors (Lipinski definition) is 3. The molecule has 0 aliphatic carbocycles. The molecule has 1 saturated heterocycles. The summed E-state index contributed by atoms with van der Waals surface area (Å²) in [5.41, 5.74) is 3.66. The summed E-state index contributed by atoms with van der Waals surface area (Å²) in [6.45, 7) is 4.71. The summed E-state index contributed by atoms with van der Waals surface area (Å²) < 4.78 is 5.38. The largest absolute Gasteiger partial charge is 0.380 e. The Kier molecular flexibility index (Phi) is 3.26. The fraction of sp³-hybridized carbons (Fsp3) is 0.400. The van der Waals surface area contributed by atoms with Crippen LogP contribution < -0.4 is 5.32 Å². The minimum absolute atomic E-state index is 0.498. The minimum Gasteiger partial charge on any atom is -0.380 e. The van der Waals surface area contributed by atoms with Crippen molar-refractivity contribution >= 4 is 10.9 Å². The summed E-state index contributed by atoms with van der Waals surface area (Å²) in [4.78, 5) is 4.47. The van der Waals surface area contributed by atoms with Gasteiger partial charge in [0.15, 0.2) is 0 Å². The second kappa shape index (κ2) is 5.04. The molecule has 1 aliphatic rings. The van der Waals surface area contributed by atoms with Crippen LogP contribution in [0.4, 0.5) is 0 Å². The molecule has 3 rings (SSSR count). The third kappa shape index (κ3) is 2.24. The summed E-state index contributed by atoms with van der Waals surface area (Å²) in [6.07, 6.45) is 2.97. The van der Waals surface area contributed by atoms with E-state index < -0.39 is 0 Å². The molecule has 0 bridgehead atoms. The van der Waals surface area contributed by atoms with Crippen molar-refractivity contribution < 1.29 is 4.74 Å². The molecule has 18 heavy (non-hydrogen) atoms. The van der Waals surface area contributed by atoms with E-state index in [1.807, 2.05) is 12.3 Å². The maximum atomic E-state index is 5.38. The van der Waals surface area contributed by atoms with E-state index in [-0.39, 0.29) is 0 Å². The maximum absolute atomic E-state index is 5.38. The molecule has 1 aromatic heterocycles. The van der Waals surface area contributed by atoms with E-state index in [0.29, 0.717) is 6.04 Å². The molecule has 0 saturated carbocycles. The molecule has 1 N–H and O–H groups in total. The van der Waals surface area contributed by atoms with Crippen LogP contribution in [0.1, 0.15) is 17.5 Å². The van der Waals surface area contributed by atoms with Crippen molar-refractivity contribution in [1.82, 2.24) is 10.3 Å². The van der Waals surface area contributed by atoms with Gasteiger partial charge in [0.1, 0.15) is 0 Å². The molecule has 1 aromatic carbocycles. The van der Waals surface area contributed by atoms with Crippen LogP contribution in [0.15, 0.2) is 30.5 Å². The normalized spacial score (nSPS) is 19.5. The van der Waals surface area contributed by atoms with Crippen LogP contribution in [-0.2, 0) is 11.3 Å². The molecule has 1 aliphatic heterocycles. The summed E-state index contributed by atoms with van der Waals surface area (Å²) >= 11 is 0. The van der Waals surface area contributed by atoms with E-state index in [2.05, 4.69) is 35.4 Å². The first-order valence-electron chi connectivity index (χ1n) is 6.49. The highest BCUT2D eigenvalue weighted by Gasteiger charge is 2.15. The third-order valence-electron chi connectivity index (χ3n) is 3.57. The van der Waals surface area contributed by atoms with Crippen molar-refractivity contribution in [1.29, 1.82) is 0 Å². The summed E-state index contributed by atoms with van der Waals surface area (Å²) in [7, 11) is 0. The Morgan fingerprint density at radius 2 is 2.33 bits per heavy atom. The van der Waals surface area contributed by atoms with Gasteiger partial charge in [-0.3, -0.25) is 4.98 Å². The van der Waals surface area contributed by atoms with Crippen LogP contribution in [0.2, 0.25) is 0 Å². The number of nitrogens with one attached hydrogen (secondary N) is 1. The van der Waals surface area contributed by atoms with Gasteiger partial charge >= 0.3 is 0 Å². The third-order valence-corrected chi connectivity index (χ3v) is 3.57. The average molecular weight is 242 g/mol. The highest BCUT2D eigenvalue weighted by atomic mass is 16.5. The zero-order chi connectivity index (χ0) is 12.4. The van der Waals surface area contributed by atoms with Crippen LogP contribution in [0, 0.1) is 6.92 Å². The lowest BCUT2D eigenvalue weighted by Gasteiger charge is -2.13. The summed E-state index contributed by atoms with van der Waals surface area (Å²) in [5, 5.41) is 4.81. The number of aryl methyl sites for hydroxylation is 1. The lowest BCUT2D eigenvalue weighted by atomic mass is 10.0. The van der Waals surface area contributed by atoms with Crippen molar-refractivity contribution in [3.8, 4) is 0 Å². The topological polar surface area (TPSA) is 34.1 Å². The predicted octanol–water partition coefficient (Wildman–Crippen LogP) is 2.42. The molecular weight excluding hydrogens is 224 g/mol. The molecule has 3 heteroatoms. The molecule has 0 unspecified atom stereocenters. The number of aromatic nitrogens is 1. The first kappa shape index (κ1) is 11.6. The molecule has 0 amide bonds. The Hall–Kier alpha value is -1.45. The van der Waals surface area contributed by atoms with E-state index in [4.69, 9.17) is 4.74 Å². The number of pyridine rings is 1. The Morgan fingerprint density at radius 1 is 1.39 bits per heavy atom. The van der Waals surface area contributed by atoms with Gasteiger partial charge in [-0.15, -0.1) is 0 Å². The second-order valence-electron chi connectivity index (χ2n) is 4.88. The second-order valence-corrected chi connectivity index (χ2v) is 4.88. The number of hydrogen-bond donors (Lipinski definition) is 1. The van der Waals surface area contributed by atoms with E-state index in [0.717, 1.165) is 31.7 Å². The number of fused-ring (bicyclic) bond motifs is 1. The standard InChI is InChI=1S/C15H18N2O/c1-11-4-5-12(9-17-13-6-8-18-10-13)14-3-2-7-16-15(11)14/h2-5,7,13,17H,6,8-10H2,1H3/t13-/m0/s1. The molecule has 1 atom stereocenters. The summed E-state index contributed by atoms with van der Waals surface area (Å²) in [5.74, 6) is 0. The van der Waals surface area contributed by atoms with Crippen LogP contribution in [-0.4, -0.2) is 24.2 Å². The smallest absolute Gasteiger partial charge is 0.0734 e.